The van der Waals surface area contributed by atoms with E-state index in [1.54, 1.807) is 6.08 Å². The Bertz CT molecular complexity index is 1170. The van der Waals surface area contributed by atoms with Crippen LogP contribution in [0.3, 0.4) is 0 Å². The molecule has 72 heavy (non-hydrogen) atoms. The number of rotatable bonds is 60. The van der Waals surface area contributed by atoms with Gasteiger partial charge >= 0.3 is 5.97 Å². The summed E-state index contributed by atoms with van der Waals surface area (Å²) in [7, 11) is 0. The summed E-state index contributed by atoms with van der Waals surface area (Å²) in [6.45, 7) is 4.91. The number of hydrogen-bond acceptors (Lipinski definition) is 5. The molecule has 0 aromatic carbocycles. The monoisotopic (exact) mass is 1010 g/mol. The van der Waals surface area contributed by atoms with Crippen LogP contribution in [-0.4, -0.2) is 47.4 Å². The number of ether oxygens (including phenoxy) is 1. The van der Waals surface area contributed by atoms with E-state index in [-0.39, 0.29) is 18.5 Å². The number of aliphatic hydroxyl groups is 2. The number of nitrogens with one attached hydrogen (secondary N) is 1. The first-order valence-corrected chi connectivity index (χ1v) is 32.3. The fourth-order valence-corrected chi connectivity index (χ4v) is 9.96. The van der Waals surface area contributed by atoms with E-state index in [2.05, 4.69) is 43.5 Å². The Balaban J connectivity index is 3.40. The molecule has 0 aliphatic carbocycles. The highest BCUT2D eigenvalue weighted by Crippen LogP contribution is 2.17. The number of hydrogen-bond donors (Lipinski definition) is 3. The molecule has 0 aliphatic heterocycles. The van der Waals surface area contributed by atoms with Gasteiger partial charge in [0.15, 0.2) is 0 Å². The van der Waals surface area contributed by atoms with E-state index in [9.17, 15) is 19.8 Å². The molecule has 0 heterocycles. The standard InChI is InChI=1S/C66H125NO5/c1-3-5-7-9-11-13-15-16-17-29-33-36-40-44-48-52-56-60-66(71)72-61-57-53-49-45-41-37-34-31-28-26-24-22-20-18-19-21-23-25-27-30-32-35-39-43-47-51-55-59-65(70)67-63(62-68)64(69)58-54-50-46-42-38-14-12-10-8-6-4-2/h18-19,22,24,54,58,63-64,68-69H,3-17,20-21,23,25-53,55-57,59-62H2,1-2H3,(H,67,70)/b19-18-,24-22-,58-54+. The number of allylic oxidation sites excluding steroid dienone is 5. The maximum atomic E-state index is 12.4. The van der Waals surface area contributed by atoms with Crippen molar-refractivity contribution in [1.29, 1.82) is 0 Å². The topological polar surface area (TPSA) is 95.9 Å². The second-order valence-electron chi connectivity index (χ2n) is 22.1. The maximum Gasteiger partial charge on any atom is 0.305 e. The zero-order valence-electron chi connectivity index (χ0n) is 48.4. The van der Waals surface area contributed by atoms with Gasteiger partial charge in [-0.3, -0.25) is 9.59 Å². The summed E-state index contributed by atoms with van der Waals surface area (Å²) >= 11 is 0. The highest BCUT2D eigenvalue weighted by Gasteiger charge is 2.18. The molecule has 0 rings (SSSR count). The van der Waals surface area contributed by atoms with E-state index in [0.717, 1.165) is 44.9 Å². The molecule has 6 nitrogen and oxygen atoms in total. The van der Waals surface area contributed by atoms with Gasteiger partial charge in [-0.1, -0.05) is 307 Å². The van der Waals surface area contributed by atoms with E-state index >= 15 is 0 Å². The van der Waals surface area contributed by atoms with Crippen LogP contribution in [0, 0.1) is 0 Å². The quantitative estimate of drug-likeness (QED) is 0.0320. The minimum absolute atomic E-state index is 0.0142. The number of amides is 1. The maximum absolute atomic E-state index is 12.4. The van der Waals surface area contributed by atoms with Crippen molar-refractivity contribution in [3.63, 3.8) is 0 Å². The van der Waals surface area contributed by atoms with E-state index < -0.39 is 12.1 Å². The summed E-state index contributed by atoms with van der Waals surface area (Å²) in [4.78, 5) is 24.5. The summed E-state index contributed by atoms with van der Waals surface area (Å²) in [5, 5.41) is 23.0. The molecule has 0 saturated heterocycles. The molecule has 2 unspecified atom stereocenters. The van der Waals surface area contributed by atoms with Crippen LogP contribution in [0.4, 0.5) is 0 Å². The Morgan fingerprint density at radius 2 is 0.694 bits per heavy atom. The van der Waals surface area contributed by atoms with Crippen LogP contribution < -0.4 is 5.32 Å². The summed E-state index contributed by atoms with van der Waals surface area (Å²) in [5.74, 6) is -0.0576. The van der Waals surface area contributed by atoms with Crippen molar-refractivity contribution in [2.45, 2.75) is 360 Å². The highest BCUT2D eigenvalue weighted by atomic mass is 16.5. The lowest BCUT2D eigenvalue weighted by Crippen LogP contribution is -2.45. The molecule has 0 bridgehead atoms. The molecule has 2 atom stereocenters. The number of carbonyl (C=O) groups is 2. The van der Waals surface area contributed by atoms with Gasteiger partial charge in [0.1, 0.15) is 0 Å². The van der Waals surface area contributed by atoms with Crippen molar-refractivity contribution in [2.75, 3.05) is 13.2 Å². The fraction of sp³-hybridized carbons (Fsp3) is 0.879. The van der Waals surface area contributed by atoms with E-state index in [1.807, 2.05) is 6.08 Å². The van der Waals surface area contributed by atoms with E-state index in [1.165, 1.54) is 276 Å². The van der Waals surface area contributed by atoms with Crippen molar-refractivity contribution < 1.29 is 24.5 Å². The Kier molecular flexibility index (Phi) is 60.0. The Morgan fingerprint density at radius 1 is 0.389 bits per heavy atom. The van der Waals surface area contributed by atoms with Gasteiger partial charge in [0, 0.05) is 12.8 Å². The van der Waals surface area contributed by atoms with Gasteiger partial charge in [0.05, 0.1) is 25.4 Å². The number of carbonyl (C=O) groups excluding carboxylic acids is 2. The van der Waals surface area contributed by atoms with Gasteiger partial charge in [0.25, 0.3) is 0 Å². The van der Waals surface area contributed by atoms with E-state index in [0.29, 0.717) is 19.4 Å². The lowest BCUT2D eigenvalue weighted by molar-refractivity contribution is -0.143. The predicted octanol–water partition coefficient (Wildman–Crippen LogP) is 20.4. The van der Waals surface area contributed by atoms with Gasteiger partial charge in [-0.2, -0.15) is 0 Å². The van der Waals surface area contributed by atoms with Gasteiger partial charge in [-0.15, -0.1) is 0 Å². The summed E-state index contributed by atoms with van der Waals surface area (Å²) in [5.41, 5.74) is 0. The molecular weight excluding hydrogens is 887 g/mol. The first kappa shape index (κ1) is 70.1. The van der Waals surface area contributed by atoms with Crippen LogP contribution >= 0.6 is 0 Å². The molecule has 0 fully saturated rings. The third-order valence-corrected chi connectivity index (χ3v) is 14.9. The largest absolute Gasteiger partial charge is 0.466 e. The highest BCUT2D eigenvalue weighted by molar-refractivity contribution is 5.76. The van der Waals surface area contributed by atoms with Crippen LogP contribution in [0.5, 0.6) is 0 Å². The van der Waals surface area contributed by atoms with Crippen molar-refractivity contribution in [3.05, 3.63) is 36.5 Å². The number of aliphatic hydroxyl groups excluding tert-OH is 2. The first-order valence-electron chi connectivity index (χ1n) is 32.3. The van der Waals surface area contributed by atoms with Gasteiger partial charge in [-0.05, 0) is 64.2 Å². The molecule has 3 N–H and O–H groups in total. The number of esters is 1. The van der Waals surface area contributed by atoms with Crippen molar-refractivity contribution in [1.82, 2.24) is 5.32 Å². The summed E-state index contributed by atoms with van der Waals surface area (Å²) in [6.07, 6.45) is 77.8. The average Bonchev–Trinajstić information content (AvgIpc) is 3.38. The van der Waals surface area contributed by atoms with E-state index in [4.69, 9.17) is 4.74 Å². The minimum Gasteiger partial charge on any atom is -0.466 e. The normalized spacial score (nSPS) is 12.8. The molecular formula is C66H125NO5. The Labute approximate surface area is 449 Å². The molecule has 0 spiro atoms. The molecule has 0 radical (unpaired) electrons. The SMILES string of the molecule is CCCCCCCCCCC/C=C/C(O)C(CO)NC(=O)CCCCCCCCCCCCC/C=C\C/C=C\CCCCCCCCCCCOC(=O)CCCCCCCCCCCCCCCCCCC. The number of unbranched alkanes of at least 4 members (excludes halogenated alkanes) is 45. The minimum atomic E-state index is -0.845. The Hall–Kier alpha value is -1.92. The first-order chi connectivity index (χ1) is 35.5. The van der Waals surface area contributed by atoms with Crippen molar-refractivity contribution in [3.8, 4) is 0 Å². The van der Waals surface area contributed by atoms with Gasteiger partial charge in [-0.25, -0.2) is 0 Å². The fourth-order valence-electron chi connectivity index (χ4n) is 9.96. The Morgan fingerprint density at radius 3 is 1.06 bits per heavy atom. The lowest BCUT2D eigenvalue weighted by Gasteiger charge is -2.20. The van der Waals surface area contributed by atoms with Crippen LogP contribution in [0.15, 0.2) is 36.5 Å². The summed E-state index contributed by atoms with van der Waals surface area (Å²) < 4.78 is 5.50. The van der Waals surface area contributed by atoms with Gasteiger partial charge < -0.3 is 20.3 Å². The molecule has 6 heteroatoms. The molecule has 0 saturated carbocycles. The van der Waals surface area contributed by atoms with Crippen molar-refractivity contribution >= 4 is 11.9 Å². The second kappa shape index (κ2) is 61.6. The zero-order chi connectivity index (χ0) is 52.2. The van der Waals surface area contributed by atoms with Crippen LogP contribution in [0.1, 0.15) is 348 Å². The van der Waals surface area contributed by atoms with Crippen LogP contribution in [0.25, 0.3) is 0 Å². The smallest absolute Gasteiger partial charge is 0.305 e. The van der Waals surface area contributed by atoms with Crippen molar-refractivity contribution in [2.24, 2.45) is 0 Å². The molecule has 0 aromatic rings. The zero-order valence-corrected chi connectivity index (χ0v) is 48.4. The third kappa shape index (κ3) is 57.4. The average molecular weight is 1010 g/mol. The molecule has 424 valence electrons. The summed E-state index contributed by atoms with van der Waals surface area (Å²) in [6, 6.07) is -0.629. The van der Waals surface area contributed by atoms with Crippen LogP contribution in [0.2, 0.25) is 0 Å². The molecule has 1 amide bonds. The van der Waals surface area contributed by atoms with Gasteiger partial charge in [0.2, 0.25) is 5.91 Å². The third-order valence-electron chi connectivity index (χ3n) is 14.9. The lowest BCUT2D eigenvalue weighted by atomic mass is 10.0. The van der Waals surface area contributed by atoms with Crippen LogP contribution in [-0.2, 0) is 14.3 Å². The predicted molar refractivity (Wildman–Crippen MR) is 315 cm³/mol. The molecule has 0 aliphatic rings. The second-order valence-corrected chi connectivity index (χ2v) is 22.1. The molecule has 0 aromatic heterocycles.